The van der Waals surface area contributed by atoms with Crippen LogP contribution in [0.15, 0.2) is 76.3 Å². The van der Waals surface area contributed by atoms with Crippen LogP contribution in [0, 0.1) is 6.92 Å². The summed E-state index contributed by atoms with van der Waals surface area (Å²) in [5.74, 6) is -2.66. The molecular formula is C30H29BrN4O5. The van der Waals surface area contributed by atoms with Crippen molar-refractivity contribution in [3.05, 3.63) is 93.5 Å². The van der Waals surface area contributed by atoms with Gasteiger partial charge in [-0.15, -0.1) is 0 Å². The van der Waals surface area contributed by atoms with Crippen LogP contribution in [0.25, 0.3) is 0 Å². The van der Waals surface area contributed by atoms with Crippen LogP contribution in [0.2, 0.25) is 0 Å². The molecule has 1 aliphatic rings. The third-order valence-corrected chi connectivity index (χ3v) is 6.89. The van der Waals surface area contributed by atoms with Gasteiger partial charge >= 0.3 is 17.8 Å². The van der Waals surface area contributed by atoms with Crippen LogP contribution in [0.1, 0.15) is 63.9 Å². The number of nitrogens with one attached hydrogen (secondary N) is 3. The smallest absolute Gasteiger partial charge is 0.343 e. The minimum atomic E-state index is -1.04. The van der Waals surface area contributed by atoms with Gasteiger partial charge < -0.3 is 15.4 Å². The average molecular weight is 605 g/mol. The van der Waals surface area contributed by atoms with Gasteiger partial charge in [0.05, 0.1) is 23.0 Å². The second-order valence-electron chi connectivity index (χ2n) is 9.44. The van der Waals surface area contributed by atoms with Crippen LogP contribution in [-0.2, 0) is 9.59 Å². The highest BCUT2D eigenvalue weighted by Crippen LogP contribution is 2.23. The number of nitrogens with zero attached hydrogens (tertiary/aromatic N) is 1. The summed E-state index contributed by atoms with van der Waals surface area (Å²) >= 11 is 3.36. The van der Waals surface area contributed by atoms with Crippen LogP contribution in [0.4, 0.5) is 5.69 Å². The fraction of sp³-hybridized carbons (Fsp3) is 0.233. The van der Waals surface area contributed by atoms with Crippen molar-refractivity contribution in [1.82, 2.24) is 10.7 Å². The van der Waals surface area contributed by atoms with E-state index in [9.17, 15) is 19.2 Å². The number of aryl methyl sites for hydroxylation is 1. The van der Waals surface area contributed by atoms with Crippen molar-refractivity contribution in [2.75, 3.05) is 5.32 Å². The highest BCUT2D eigenvalue weighted by molar-refractivity contribution is 9.10. The molecule has 0 aromatic heterocycles. The Morgan fingerprint density at radius 2 is 1.65 bits per heavy atom. The number of rotatable bonds is 7. The molecule has 206 valence electrons. The molecule has 3 aromatic carbocycles. The van der Waals surface area contributed by atoms with Crippen LogP contribution in [0.3, 0.4) is 0 Å². The van der Waals surface area contributed by atoms with E-state index >= 15 is 0 Å². The Bertz CT molecular complexity index is 1430. The number of esters is 1. The molecule has 10 heteroatoms. The van der Waals surface area contributed by atoms with Crippen molar-refractivity contribution in [2.24, 2.45) is 5.10 Å². The lowest BCUT2D eigenvalue weighted by Crippen LogP contribution is -2.37. The first-order valence-electron chi connectivity index (χ1n) is 12.9. The Hall–Kier alpha value is -4.31. The zero-order chi connectivity index (χ0) is 28.5. The number of amides is 3. The fourth-order valence-electron chi connectivity index (χ4n) is 4.25. The summed E-state index contributed by atoms with van der Waals surface area (Å²) in [6, 6.07) is 18.5. The molecule has 1 aliphatic carbocycles. The highest BCUT2D eigenvalue weighted by Gasteiger charge is 2.21. The molecule has 0 saturated heterocycles. The van der Waals surface area contributed by atoms with E-state index in [-0.39, 0.29) is 28.9 Å². The van der Waals surface area contributed by atoms with Crippen molar-refractivity contribution >= 4 is 51.5 Å². The summed E-state index contributed by atoms with van der Waals surface area (Å²) < 4.78 is 6.21. The first-order chi connectivity index (χ1) is 19.3. The van der Waals surface area contributed by atoms with E-state index in [2.05, 4.69) is 37.1 Å². The Balaban J connectivity index is 1.38. The quantitative estimate of drug-likeness (QED) is 0.113. The van der Waals surface area contributed by atoms with Gasteiger partial charge in [0.1, 0.15) is 5.75 Å². The van der Waals surface area contributed by atoms with Gasteiger partial charge in [0, 0.05) is 16.1 Å². The fourth-order valence-corrected chi connectivity index (χ4v) is 4.63. The second kappa shape index (κ2) is 13.7. The molecule has 0 atom stereocenters. The average Bonchev–Trinajstić information content (AvgIpc) is 2.95. The molecule has 1 saturated carbocycles. The maximum atomic E-state index is 12.8. The van der Waals surface area contributed by atoms with Crippen molar-refractivity contribution < 1.29 is 23.9 Å². The summed E-state index contributed by atoms with van der Waals surface area (Å²) in [6.07, 6.45) is 6.41. The minimum Gasteiger partial charge on any atom is -0.422 e. The van der Waals surface area contributed by atoms with Crippen LogP contribution >= 0.6 is 15.9 Å². The SMILES string of the molecule is Cc1ccc(C(=O)Oc2ccc(Br)cc2C=NNC(=O)C(=O)Nc2ccccc2C(=O)NC2CCCCC2)cc1. The van der Waals surface area contributed by atoms with Crippen molar-refractivity contribution in [1.29, 1.82) is 0 Å². The molecule has 0 bridgehead atoms. The molecule has 0 radical (unpaired) electrons. The predicted octanol–water partition coefficient (Wildman–Crippen LogP) is 5.13. The number of para-hydroxylation sites is 1. The largest absolute Gasteiger partial charge is 0.422 e. The lowest BCUT2D eigenvalue weighted by atomic mass is 9.95. The van der Waals surface area contributed by atoms with Crippen molar-refractivity contribution in [2.45, 2.75) is 45.1 Å². The molecule has 4 rings (SSSR count). The number of halogens is 1. The zero-order valence-electron chi connectivity index (χ0n) is 21.9. The Labute approximate surface area is 240 Å². The number of benzene rings is 3. The number of hydrazone groups is 1. The van der Waals surface area contributed by atoms with E-state index < -0.39 is 17.8 Å². The normalized spacial score (nSPS) is 13.4. The summed E-state index contributed by atoms with van der Waals surface area (Å²) in [5, 5.41) is 9.35. The maximum Gasteiger partial charge on any atom is 0.343 e. The van der Waals surface area contributed by atoms with Crippen molar-refractivity contribution in [3.8, 4) is 5.75 Å². The number of carbonyl (C=O) groups is 4. The van der Waals surface area contributed by atoms with E-state index in [0.29, 0.717) is 15.6 Å². The van der Waals surface area contributed by atoms with E-state index in [1.165, 1.54) is 6.21 Å². The standard InChI is InChI=1S/C30H29BrN4O5/c1-19-11-13-20(14-12-19)30(39)40-26-16-15-22(31)17-21(26)18-32-35-29(38)28(37)34-25-10-6-5-9-24(25)27(36)33-23-7-3-2-4-8-23/h5-6,9-18,23H,2-4,7-8H2,1H3,(H,33,36)(H,34,37)(H,35,38). The number of carbonyl (C=O) groups excluding carboxylic acids is 4. The predicted molar refractivity (Wildman–Crippen MR) is 155 cm³/mol. The van der Waals surface area contributed by atoms with E-state index in [1.807, 2.05) is 19.1 Å². The van der Waals surface area contributed by atoms with Gasteiger partial charge in [-0.25, -0.2) is 10.2 Å². The van der Waals surface area contributed by atoms with Gasteiger partial charge in [0.2, 0.25) is 0 Å². The molecule has 0 unspecified atom stereocenters. The number of ether oxygens (including phenoxy) is 1. The van der Waals surface area contributed by atoms with Gasteiger partial charge in [0.25, 0.3) is 5.91 Å². The number of hydrogen-bond donors (Lipinski definition) is 3. The third kappa shape index (κ3) is 7.86. The lowest BCUT2D eigenvalue weighted by Gasteiger charge is -2.23. The van der Waals surface area contributed by atoms with Crippen LogP contribution in [0.5, 0.6) is 5.75 Å². The van der Waals surface area contributed by atoms with Gasteiger partial charge in [-0.1, -0.05) is 65.0 Å². The number of hydrogen-bond acceptors (Lipinski definition) is 6. The molecule has 3 N–H and O–H groups in total. The molecule has 0 aliphatic heterocycles. The highest BCUT2D eigenvalue weighted by atomic mass is 79.9. The molecule has 0 spiro atoms. The second-order valence-corrected chi connectivity index (χ2v) is 10.4. The molecule has 3 aromatic rings. The Morgan fingerprint density at radius 3 is 2.40 bits per heavy atom. The van der Waals surface area contributed by atoms with Crippen LogP contribution < -0.4 is 20.8 Å². The van der Waals surface area contributed by atoms with Gasteiger partial charge in [-0.05, 0) is 62.2 Å². The Kier molecular flexibility index (Phi) is 9.80. The van der Waals surface area contributed by atoms with Gasteiger partial charge in [-0.2, -0.15) is 5.10 Å². The Morgan fingerprint density at radius 1 is 0.925 bits per heavy atom. The summed E-state index contributed by atoms with van der Waals surface area (Å²) in [6.45, 7) is 1.92. The van der Waals surface area contributed by atoms with E-state index in [0.717, 1.165) is 37.7 Å². The lowest BCUT2D eigenvalue weighted by molar-refractivity contribution is -0.136. The monoisotopic (exact) mass is 604 g/mol. The third-order valence-electron chi connectivity index (χ3n) is 6.40. The van der Waals surface area contributed by atoms with Crippen LogP contribution in [-0.4, -0.2) is 35.9 Å². The topological polar surface area (TPSA) is 126 Å². The maximum absolute atomic E-state index is 12.8. The van der Waals surface area contributed by atoms with E-state index in [4.69, 9.17) is 4.74 Å². The van der Waals surface area contributed by atoms with Gasteiger partial charge in [-0.3, -0.25) is 14.4 Å². The van der Waals surface area contributed by atoms with Gasteiger partial charge in [0.15, 0.2) is 0 Å². The van der Waals surface area contributed by atoms with E-state index in [1.54, 1.807) is 54.6 Å². The zero-order valence-corrected chi connectivity index (χ0v) is 23.5. The number of anilines is 1. The molecule has 3 amide bonds. The molecular weight excluding hydrogens is 576 g/mol. The minimum absolute atomic E-state index is 0.0988. The molecule has 9 nitrogen and oxygen atoms in total. The molecule has 40 heavy (non-hydrogen) atoms. The van der Waals surface area contributed by atoms with Crippen molar-refractivity contribution in [3.63, 3.8) is 0 Å². The summed E-state index contributed by atoms with van der Waals surface area (Å²) in [4.78, 5) is 50.4. The summed E-state index contributed by atoms with van der Waals surface area (Å²) in [5.41, 5.74) is 4.44. The first kappa shape index (κ1) is 28.7. The summed E-state index contributed by atoms with van der Waals surface area (Å²) in [7, 11) is 0. The first-order valence-corrected chi connectivity index (χ1v) is 13.7. The molecule has 1 fully saturated rings. The molecule has 0 heterocycles.